The van der Waals surface area contributed by atoms with Crippen LogP contribution >= 0.6 is 0 Å². The number of carbonyl (C=O) groups excluding carboxylic acids is 4. The van der Waals surface area contributed by atoms with Crippen LogP contribution in [0.25, 0.3) is 0 Å². The van der Waals surface area contributed by atoms with E-state index in [-0.39, 0.29) is 31.6 Å². The Bertz CT molecular complexity index is 1080. The molecule has 1 fully saturated rings. The minimum Gasteiger partial charge on any atom is -0.482 e. The van der Waals surface area contributed by atoms with Crippen LogP contribution in [0.3, 0.4) is 0 Å². The lowest BCUT2D eigenvalue weighted by molar-refractivity contribution is -0.123. The van der Waals surface area contributed by atoms with Crippen LogP contribution in [-0.2, 0) is 14.3 Å². The first kappa shape index (κ1) is 22.3. The number of hydrogen-bond acceptors (Lipinski definition) is 6. The van der Waals surface area contributed by atoms with Crippen molar-refractivity contribution in [1.82, 2.24) is 4.90 Å². The molecule has 2 aliphatic rings. The van der Waals surface area contributed by atoms with Gasteiger partial charge in [-0.1, -0.05) is 0 Å². The van der Waals surface area contributed by atoms with Crippen molar-refractivity contribution in [3.05, 3.63) is 53.6 Å². The van der Waals surface area contributed by atoms with Crippen molar-refractivity contribution in [2.45, 2.75) is 19.8 Å². The quantitative estimate of drug-likeness (QED) is 0.677. The highest BCUT2D eigenvalue weighted by atomic mass is 16.5. The molecule has 0 saturated carbocycles. The van der Waals surface area contributed by atoms with E-state index in [0.717, 1.165) is 12.8 Å². The second-order valence-corrected chi connectivity index (χ2v) is 7.80. The van der Waals surface area contributed by atoms with Crippen molar-refractivity contribution in [2.75, 3.05) is 43.1 Å². The molecule has 2 heterocycles. The minimum atomic E-state index is -0.440. The Morgan fingerprint density at radius 2 is 1.73 bits per heavy atom. The third-order valence-corrected chi connectivity index (χ3v) is 5.52. The van der Waals surface area contributed by atoms with Crippen LogP contribution in [0.15, 0.2) is 42.5 Å². The third-order valence-electron chi connectivity index (χ3n) is 5.52. The molecule has 9 nitrogen and oxygen atoms in total. The van der Waals surface area contributed by atoms with Gasteiger partial charge in [0.25, 0.3) is 11.8 Å². The summed E-state index contributed by atoms with van der Waals surface area (Å²) in [6.07, 6.45) is 1.96. The van der Waals surface area contributed by atoms with Crippen LogP contribution in [0.4, 0.5) is 11.4 Å². The molecule has 2 aromatic rings. The average Bonchev–Trinajstić information content (AvgIpc) is 3.36. The van der Waals surface area contributed by atoms with Crippen molar-refractivity contribution in [1.29, 1.82) is 0 Å². The molecule has 0 spiro atoms. The number of anilines is 2. The summed E-state index contributed by atoms with van der Waals surface area (Å²) in [7, 11) is 0. The number of rotatable bonds is 6. The van der Waals surface area contributed by atoms with Gasteiger partial charge in [-0.3, -0.25) is 19.3 Å². The predicted octanol–water partition coefficient (Wildman–Crippen LogP) is 2.46. The van der Waals surface area contributed by atoms with Crippen LogP contribution in [-0.4, -0.2) is 61.4 Å². The molecule has 1 N–H and O–H groups in total. The normalized spacial score (nSPS) is 15.0. The SMILES string of the molecule is CCOC(=O)c1ccc(NC(=O)CN2C(=O)COc3ccc(C(=O)N4CCCC4)cc32)cc1. The maximum Gasteiger partial charge on any atom is 0.338 e. The van der Waals surface area contributed by atoms with Crippen molar-refractivity contribution >= 4 is 35.1 Å². The standard InChI is InChI=1S/C24H25N3O6/c1-2-32-24(31)16-5-8-18(9-6-16)25-21(28)14-27-19-13-17(23(30)26-11-3-4-12-26)7-10-20(19)33-15-22(27)29/h5-10,13H,2-4,11-12,14-15H2,1H3,(H,25,28). The molecule has 33 heavy (non-hydrogen) atoms. The number of ether oxygens (including phenoxy) is 2. The van der Waals surface area contributed by atoms with E-state index in [4.69, 9.17) is 9.47 Å². The maximum absolute atomic E-state index is 12.8. The van der Waals surface area contributed by atoms with E-state index in [1.807, 2.05) is 0 Å². The van der Waals surface area contributed by atoms with E-state index in [1.165, 1.54) is 4.90 Å². The smallest absolute Gasteiger partial charge is 0.338 e. The molecular weight excluding hydrogens is 426 g/mol. The lowest BCUT2D eigenvalue weighted by Gasteiger charge is -2.29. The van der Waals surface area contributed by atoms with Gasteiger partial charge in [0.2, 0.25) is 5.91 Å². The fourth-order valence-electron chi connectivity index (χ4n) is 3.86. The summed E-state index contributed by atoms with van der Waals surface area (Å²) in [4.78, 5) is 52.8. The van der Waals surface area contributed by atoms with Crippen LogP contribution in [0.1, 0.15) is 40.5 Å². The van der Waals surface area contributed by atoms with Gasteiger partial charge >= 0.3 is 5.97 Å². The summed E-state index contributed by atoms with van der Waals surface area (Å²) in [5.41, 5.74) is 1.70. The number of likely N-dealkylation sites (tertiary alicyclic amines) is 1. The average molecular weight is 451 g/mol. The predicted molar refractivity (Wildman–Crippen MR) is 120 cm³/mol. The van der Waals surface area contributed by atoms with Crippen LogP contribution in [0, 0.1) is 0 Å². The largest absolute Gasteiger partial charge is 0.482 e. The lowest BCUT2D eigenvalue weighted by atomic mass is 10.1. The second-order valence-electron chi connectivity index (χ2n) is 7.80. The molecule has 172 valence electrons. The molecule has 0 unspecified atom stereocenters. The van der Waals surface area contributed by atoms with Gasteiger partial charge in [0.15, 0.2) is 6.61 Å². The summed E-state index contributed by atoms with van der Waals surface area (Å²) in [6.45, 7) is 3.00. The van der Waals surface area contributed by atoms with Gasteiger partial charge < -0.3 is 19.7 Å². The summed E-state index contributed by atoms with van der Waals surface area (Å²) < 4.78 is 10.4. The van der Waals surface area contributed by atoms with Crippen LogP contribution in [0.5, 0.6) is 5.75 Å². The van der Waals surface area contributed by atoms with Gasteiger partial charge in [-0.2, -0.15) is 0 Å². The highest BCUT2D eigenvalue weighted by Crippen LogP contribution is 2.33. The van der Waals surface area contributed by atoms with E-state index in [1.54, 1.807) is 54.3 Å². The topological polar surface area (TPSA) is 105 Å². The van der Waals surface area contributed by atoms with Crippen molar-refractivity contribution in [3.63, 3.8) is 0 Å². The molecule has 0 aliphatic carbocycles. The maximum atomic E-state index is 12.8. The van der Waals surface area contributed by atoms with Gasteiger partial charge in [-0.15, -0.1) is 0 Å². The Morgan fingerprint density at radius 3 is 2.42 bits per heavy atom. The number of nitrogens with one attached hydrogen (secondary N) is 1. The fraction of sp³-hybridized carbons (Fsp3) is 0.333. The highest BCUT2D eigenvalue weighted by Gasteiger charge is 2.29. The van der Waals surface area contributed by atoms with Gasteiger partial charge in [-0.05, 0) is 62.2 Å². The van der Waals surface area contributed by atoms with Crippen LogP contribution in [0.2, 0.25) is 0 Å². The van der Waals surface area contributed by atoms with Gasteiger partial charge in [0, 0.05) is 24.3 Å². The number of benzene rings is 2. The minimum absolute atomic E-state index is 0.0978. The Labute approximate surface area is 191 Å². The summed E-state index contributed by atoms with van der Waals surface area (Å²) in [6, 6.07) is 11.2. The van der Waals surface area contributed by atoms with Crippen molar-refractivity contribution in [2.24, 2.45) is 0 Å². The molecule has 0 atom stereocenters. The van der Waals surface area contributed by atoms with Crippen molar-refractivity contribution < 1.29 is 28.7 Å². The number of nitrogens with zero attached hydrogens (tertiary/aromatic N) is 2. The Hall–Kier alpha value is -3.88. The second kappa shape index (κ2) is 9.72. The first-order valence-corrected chi connectivity index (χ1v) is 10.9. The van der Waals surface area contributed by atoms with E-state index in [0.29, 0.717) is 41.3 Å². The van der Waals surface area contributed by atoms with E-state index >= 15 is 0 Å². The third kappa shape index (κ3) is 4.97. The first-order valence-electron chi connectivity index (χ1n) is 10.9. The molecule has 0 radical (unpaired) electrons. The summed E-state index contributed by atoms with van der Waals surface area (Å²) in [5, 5.41) is 2.72. The number of esters is 1. The van der Waals surface area contributed by atoms with Gasteiger partial charge in [0.1, 0.15) is 12.3 Å². The van der Waals surface area contributed by atoms with Gasteiger partial charge in [0.05, 0.1) is 17.9 Å². The molecule has 4 rings (SSSR count). The van der Waals surface area contributed by atoms with Crippen molar-refractivity contribution in [3.8, 4) is 5.75 Å². The number of hydrogen-bond donors (Lipinski definition) is 1. The molecule has 2 aromatic carbocycles. The zero-order valence-electron chi connectivity index (χ0n) is 18.3. The fourth-order valence-corrected chi connectivity index (χ4v) is 3.86. The summed E-state index contributed by atoms with van der Waals surface area (Å²) in [5.74, 6) is -0.888. The highest BCUT2D eigenvalue weighted by molar-refractivity contribution is 6.06. The molecule has 0 bridgehead atoms. The Balaban J connectivity index is 1.47. The molecule has 0 aromatic heterocycles. The molecule has 9 heteroatoms. The Kier molecular flexibility index (Phi) is 6.58. The van der Waals surface area contributed by atoms with E-state index in [2.05, 4.69) is 5.32 Å². The van der Waals surface area contributed by atoms with Crippen LogP contribution < -0.4 is 15.0 Å². The lowest BCUT2D eigenvalue weighted by Crippen LogP contribution is -2.43. The molecular formula is C24H25N3O6. The van der Waals surface area contributed by atoms with E-state index in [9.17, 15) is 19.2 Å². The molecule has 2 aliphatic heterocycles. The zero-order chi connectivity index (χ0) is 23.4. The molecule has 3 amide bonds. The van der Waals surface area contributed by atoms with E-state index < -0.39 is 11.9 Å². The summed E-state index contributed by atoms with van der Waals surface area (Å²) >= 11 is 0. The molecule has 1 saturated heterocycles. The first-order chi connectivity index (χ1) is 16.0. The zero-order valence-corrected chi connectivity index (χ0v) is 18.3. The monoisotopic (exact) mass is 451 g/mol. The van der Waals surface area contributed by atoms with Gasteiger partial charge in [-0.25, -0.2) is 4.79 Å². The Morgan fingerprint density at radius 1 is 1.03 bits per heavy atom. The number of amides is 3. The number of carbonyl (C=O) groups is 4. The number of fused-ring (bicyclic) bond motifs is 1.